The first-order chi connectivity index (χ1) is 9.25. The van der Waals surface area contributed by atoms with Gasteiger partial charge in [0.25, 0.3) is 0 Å². The molecule has 9 heteroatoms. The Labute approximate surface area is 127 Å². The van der Waals surface area contributed by atoms with E-state index < -0.39 is 21.5 Å². The van der Waals surface area contributed by atoms with Crippen LogP contribution in [0.3, 0.4) is 0 Å². The Bertz CT molecular complexity index is 581. The zero-order valence-corrected chi connectivity index (χ0v) is 13.0. The maximum absolute atomic E-state index is 11.7. The van der Waals surface area contributed by atoms with Crippen LogP contribution >= 0.6 is 23.2 Å². The van der Waals surface area contributed by atoms with Gasteiger partial charge in [-0.25, -0.2) is 8.42 Å². The Morgan fingerprint density at radius 3 is 2.60 bits per heavy atom. The Morgan fingerprint density at radius 1 is 1.40 bits per heavy atom. The SMILES string of the molecule is COCCS(=O)(=O)CC(=O)Nc1c(N)cc(Cl)cc1Cl. The molecule has 0 heterocycles. The highest BCUT2D eigenvalue weighted by Crippen LogP contribution is 2.31. The number of hydrogen-bond acceptors (Lipinski definition) is 5. The van der Waals surface area contributed by atoms with E-state index in [1.165, 1.54) is 19.2 Å². The van der Waals surface area contributed by atoms with Crippen LogP contribution in [0.4, 0.5) is 11.4 Å². The second-order valence-corrected chi connectivity index (χ2v) is 7.01. The fourth-order valence-corrected chi connectivity index (χ4v) is 2.98. The highest BCUT2D eigenvalue weighted by atomic mass is 35.5. The van der Waals surface area contributed by atoms with Gasteiger partial charge in [0.1, 0.15) is 5.75 Å². The predicted molar refractivity (Wildman–Crippen MR) is 80.0 cm³/mol. The predicted octanol–water partition coefficient (Wildman–Crippen LogP) is 1.58. The molecule has 0 fully saturated rings. The number of rotatable bonds is 6. The molecule has 0 saturated heterocycles. The van der Waals surface area contributed by atoms with Crippen molar-refractivity contribution < 1.29 is 17.9 Å². The molecule has 0 aliphatic rings. The lowest BCUT2D eigenvalue weighted by molar-refractivity contribution is -0.113. The monoisotopic (exact) mass is 340 g/mol. The van der Waals surface area contributed by atoms with Crippen molar-refractivity contribution in [3.8, 4) is 0 Å². The van der Waals surface area contributed by atoms with Crippen LogP contribution in [0, 0.1) is 0 Å². The molecule has 0 unspecified atom stereocenters. The average Bonchev–Trinajstić information content (AvgIpc) is 2.30. The van der Waals surface area contributed by atoms with E-state index in [1.807, 2.05) is 0 Å². The van der Waals surface area contributed by atoms with Crippen LogP contribution in [0.1, 0.15) is 0 Å². The third kappa shape index (κ3) is 5.16. The first-order valence-corrected chi connectivity index (χ1v) is 8.06. The van der Waals surface area contributed by atoms with Crippen LogP contribution < -0.4 is 11.1 Å². The Hall–Kier alpha value is -1.02. The van der Waals surface area contributed by atoms with Gasteiger partial charge in [-0.1, -0.05) is 23.2 Å². The fraction of sp³-hybridized carbons (Fsp3) is 0.364. The number of amides is 1. The number of halogens is 2. The quantitative estimate of drug-likeness (QED) is 0.766. The van der Waals surface area contributed by atoms with E-state index >= 15 is 0 Å². The number of benzene rings is 1. The van der Waals surface area contributed by atoms with Crippen LogP contribution in [0.2, 0.25) is 10.0 Å². The Morgan fingerprint density at radius 2 is 2.05 bits per heavy atom. The molecular weight excluding hydrogens is 327 g/mol. The minimum atomic E-state index is -3.54. The molecule has 0 spiro atoms. The van der Waals surface area contributed by atoms with Crippen molar-refractivity contribution in [1.82, 2.24) is 0 Å². The molecule has 0 radical (unpaired) electrons. The van der Waals surface area contributed by atoms with Gasteiger partial charge < -0.3 is 15.8 Å². The highest BCUT2D eigenvalue weighted by Gasteiger charge is 2.18. The summed E-state index contributed by atoms with van der Waals surface area (Å²) in [7, 11) is -2.17. The fourth-order valence-electron chi connectivity index (χ4n) is 1.38. The van der Waals surface area contributed by atoms with Crippen molar-refractivity contribution in [2.24, 2.45) is 0 Å². The zero-order chi connectivity index (χ0) is 15.3. The number of hydrogen-bond donors (Lipinski definition) is 2. The van der Waals surface area contributed by atoms with E-state index in [0.29, 0.717) is 5.02 Å². The maximum Gasteiger partial charge on any atom is 0.239 e. The molecule has 1 aromatic carbocycles. The van der Waals surface area contributed by atoms with Crippen molar-refractivity contribution >= 4 is 50.3 Å². The van der Waals surface area contributed by atoms with Crippen molar-refractivity contribution in [2.75, 3.05) is 36.3 Å². The van der Waals surface area contributed by atoms with E-state index in [9.17, 15) is 13.2 Å². The maximum atomic E-state index is 11.7. The molecule has 3 N–H and O–H groups in total. The summed E-state index contributed by atoms with van der Waals surface area (Å²) >= 11 is 11.6. The van der Waals surface area contributed by atoms with Gasteiger partial charge in [0.2, 0.25) is 5.91 Å². The third-order valence-electron chi connectivity index (χ3n) is 2.30. The first kappa shape index (κ1) is 17.0. The molecule has 6 nitrogen and oxygen atoms in total. The number of carbonyl (C=O) groups excluding carboxylic acids is 1. The molecule has 0 saturated carbocycles. The van der Waals surface area contributed by atoms with Crippen molar-refractivity contribution in [2.45, 2.75) is 0 Å². The van der Waals surface area contributed by atoms with Crippen molar-refractivity contribution in [3.63, 3.8) is 0 Å². The summed E-state index contributed by atoms with van der Waals surface area (Å²) in [5.41, 5.74) is 5.96. The minimum absolute atomic E-state index is 0.0272. The highest BCUT2D eigenvalue weighted by molar-refractivity contribution is 7.92. The second-order valence-electron chi connectivity index (χ2n) is 3.98. The molecule has 0 atom stereocenters. The van der Waals surface area contributed by atoms with Gasteiger partial charge in [-0.05, 0) is 12.1 Å². The molecular formula is C11H14Cl2N2O4S. The van der Waals surface area contributed by atoms with Gasteiger partial charge in [-0.2, -0.15) is 0 Å². The first-order valence-electron chi connectivity index (χ1n) is 5.49. The summed E-state index contributed by atoms with van der Waals surface area (Å²) in [6.45, 7) is 0.0272. The standard InChI is InChI=1S/C11H14Cl2N2O4S/c1-19-2-3-20(17,18)6-10(16)15-11-8(13)4-7(12)5-9(11)14/h4-5H,2-3,6,14H2,1H3,(H,15,16). The summed E-state index contributed by atoms with van der Waals surface area (Å²) in [5.74, 6) is -1.63. The largest absolute Gasteiger partial charge is 0.397 e. The normalized spacial score (nSPS) is 11.3. The van der Waals surface area contributed by atoms with Gasteiger partial charge in [-0.15, -0.1) is 0 Å². The van der Waals surface area contributed by atoms with Gasteiger partial charge in [0.15, 0.2) is 9.84 Å². The molecule has 1 aromatic rings. The lowest BCUT2D eigenvalue weighted by Gasteiger charge is -2.11. The van der Waals surface area contributed by atoms with Gasteiger partial charge in [0.05, 0.1) is 28.8 Å². The van der Waals surface area contributed by atoms with Gasteiger partial charge >= 0.3 is 0 Å². The van der Waals surface area contributed by atoms with Crippen LogP contribution in [-0.2, 0) is 19.4 Å². The van der Waals surface area contributed by atoms with E-state index in [0.717, 1.165) is 0 Å². The minimum Gasteiger partial charge on any atom is -0.397 e. The number of ether oxygens (including phenoxy) is 1. The number of methoxy groups -OCH3 is 1. The second kappa shape index (κ2) is 7.12. The summed E-state index contributed by atoms with van der Waals surface area (Å²) < 4.78 is 27.8. The summed E-state index contributed by atoms with van der Waals surface area (Å²) in [6, 6.07) is 2.80. The van der Waals surface area contributed by atoms with Crippen LogP contribution in [0.25, 0.3) is 0 Å². The molecule has 20 heavy (non-hydrogen) atoms. The molecule has 112 valence electrons. The van der Waals surface area contributed by atoms with Gasteiger partial charge in [0, 0.05) is 12.1 Å². The van der Waals surface area contributed by atoms with Crippen LogP contribution in [-0.4, -0.2) is 39.5 Å². The van der Waals surface area contributed by atoms with Crippen LogP contribution in [0.15, 0.2) is 12.1 Å². The summed E-state index contributed by atoms with van der Waals surface area (Å²) in [4.78, 5) is 11.7. The number of nitrogens with two attached hydrogens (primary N) is 1. The number of nitrogens with one attached hydrogen (secondary N) is 1. The number of sulfone groups is 1. The summed E-state index contributed by atoms with van der Waals surface area (Å²) in [5, 5.41) is 2.82. The van der Waals surface area contributed by atoms with E-state index in [1.54, 1.807) is 0 Å². The number of carbonyl (C=O) groups is 1. The molecule has 1 rings (SSSR count). The molecule has 1 amide bonds. The lowest BCUT2D eigenvalue weighted by atomic mass is 10.2. The van der Waals surface area contributed by atoms with E-state index in [2.05, 4.69) is 10.1 Å². The molecule has 0 aliphatic heterocycles. The van der Waals surface area contributed by atoms with Gasteiger partial charge in [-0.3, -0.25) is 4.79 Å². The number of anilines is 2. The Balaban J connectivity index is 2.77. The van der Waals surface area contributed by atoms with Crippen LogP contribution in [0.5, 0.6) is 0 Å². The average molecular weight is 341 g/mol. The van der Waals surface area contributed by atoms with E-state index in [-0.39, 0.29) is 28.8 Å². The van der Waals surface area contributed by atoms with E-state index in [4.69, 9.17) is 28.9 Å². The summed E-state index contributed by atoms with van der Waals surface area (Å²) in [6.07, 6.45) is 0. The Kier molecular flexibility index (Phi) is 6.07. The molecule has 0 aliphatic carbocycles. The molecule has 0 bridgehead atoms. The third-order valence-corrected chi connectivity index (χ3v) is 4.31. The number of nitrogen functional groups attached to an aromatic ring is 1. The lowest BCUT2D eigenvalue weighted by Crippen LogP contribution is -2.26. The topological polar surface area (TPSA) is 98.5 Å². The van der Waals surface area contributed by atoms with Crippen molar-refractivity contribution in [3.05, 3.63) is 22.2 Å². The molecule has 0 aromatic heterocycles. The zero-order valence-electron chi connectivity index (χ0n) is 10.7. The smallest absolute Gasteiger partial charge is 0.239 e. The van der Waals surface area contributed by atoms with Crippen molar-refractivity contribution in [1.29, 1.82) is 0 Å².